The summed E-state index contributed by atoms with van der Waals surface area (Å²) in [5.74, 6) is -0.526. The number of hydrogen-bond donors (Lipinski definition) is 1. The van der Waals surface area contributed by atoms with E-state index in [0.717, 1.165) is 17.7 Å². The highest BCUT2D eigenvalue weighted by molar-refractivity contribution is 7.89. The van der Waals surface area contributed by atoms with Gasteiger partial charge in [-0.05, 0) is 25.0 Å². The van der Waals surface area contributed by atoms with E-state index in [1.807, 2.05) is 0 Å². The second kappa shape index (κ2) is 13.2. The first kappa shape index (κ1) is 28.2. The fraction of sp³-hybridized carbons (Fsp3) is 0.522. The zero-order valence-electron chi connectivity index (χ0n) is 20.8. The molecular formula is C23H32N4O7S2. The number of thiazole rings is 1. The molecule has 1 aromatic heterocycles. The molecule has 1 aromatic carbocycles. The topological polar surface area (TPSA) is 129 Å². The number of benzene rings is 1. The Kier molecular flexibility index (Phi) is 10.3. The Bertz CT molecular complexity index is 1140. The third kappa shape index (κ3) is 7.31. The van der Waals surface area contributed by atoms with Crippen LogP contribution in [0.3, 0.4) is 0 Å². The van der Waals surface area contributed by atoms with E-state index in [9.17, 15) is 13.2 Å². The predicted molar refractivity (Wildman–Crippen MR) is 136 cm³/mol. The van der Waals surface area contributed by atoms with Crippen LogP contribution in [-0.4, -0.2) is 83.1 Å². The smallest absolute Gasteiger partial charge is 0.280 e. The van der Waals surface area contributed by atoms with Gasteiger partial charge in [0.05, 0.1) is 29.1 Å². The molecule has 0 bridgehead atoms. The summed E-state index contributed by atoms with van der Waals surface area (Å²) in [4.78, 5) is 24.0. The van der Waals surface area contributed by atoms with E-state index in [2.05, 4.69) is 15.5 Å². The maximum Gasteiger partial charge on any atom is 0.280 e. The van der Waals surface area contributed by atoms with Crippen LogP contribution in [0.25, 0.3) is 0 Å². The molecule has 2 atom stereocenters. The summed E-state index contributed by atoms with van der Waals surface area (Å²) in [5.41, 5.74) is 0.414. The van der Waals surface area contributed by atoms with Crippen LogP contribution in [0, 0.1) is 0 Å². The first-order valence-electron chi connectivity index (χ1n) is 11.4. The lowest BCUT2D eigenvalue weighted by molar-refractivity contribution is -0.110. The summed E-state index contributed by atoms with van der Waals surface area (Å²) in [7, 11) is 2.52. The van der Waals surface area contributed by atoms with Gasteiger partial charge in [-0.2, -0.15) is 4.31 Å². The van der Waals surface area contributed by atoms with E-state index in [-0.39, 0.29) is 36.0 Å². The molecule has 1 aliphatic carbocycles. The number of anilines is 1. The maximum absolute atomic E-state index is 13.2. The van der Waals surface area contributed by atoms with E-state index in [1.165, 1.54) is 54.1 Å². The van der Waals surface area contributed by atoms with Gasteiger partial charge < -0.3 is 19.0 Å². The predicted octanol–water partition coefficient (Wildman–Crippen LogP) is 2.48. The number of nitrogens with zero attached hydrogens (tertiary/aromatic N) is 3. The number of rotatable bonds is 13. The van der Waals surface area contributed by atoms with Gasteiger partial charge in [-0.1, -0.05) is 28.6 Å². The normalized spacial score (nSPS) is 18.5. The number of aromatic nitrogens is 1. The number of methoxy groups -OCH3 is 3. The van der Waals surface area contributed by atoms with Crippen LogP contribution in [0.4, 0.5) is 5.13 Å². The Morgan fingerprint density at radius 2 is 1.89 bits per heavy atom. The average Bonchev–Trinajstić information content (AvgIpc) is 3.52. The lowest BCUT2D eigenvalue weighted by Gasteiger charge is -2.17. The Morgan fingerprint density at radius 3 is 2.53 bits per heavy atom. The van der Waals surface area contributed by atoms with Crippen LogP contribution in [0.2, 0.25) is 0 Å². The first-order valence-corrected chi connectivity index (χ1v) is 13.6. The van der Waals surface area contributed by atoms with Crippen LogP contribution in [-0.2, 0) is 40.5 Å². The molecule has 3 rings (SSSR count). The number of carbonyl (C=O) groups excluding carboxylic acids is 1. The number of hydrogen-bond acceptors (Lipinski definition) is 10. The Hall–Kier alpha value is -2.42. The molecular weight excluding hydrogens is 508 g/mol. The fourth-order valence-corrected chi connectivity index (χ4v) is 5.53. The van der Waals surface area contributed by atoms with Gasteiger partial charge in [0.2, 0.25) is 10.0 Å². The van der Waals surface area contributed by atoms with Crippen molar-refractivity contribution in [1.29, 1.82) is 0 Å². The standard InChI is InChI=1S/C23H32N4O7S2/c1-27(11-12-31-2)36(29,30)20-9-5-16(6-10-20)21(26-34-18-8-7-17(13-18)33-4)22(28)25-23-24-14-19(35-23)15-32-3/h5-6,9-10,14,17-18H,7-8,11-13,15H2,1-4H3,(H,24,25,28)/b26-21+/t17-,18-/m1/s1. The van der Waals surface area contributed by atoms with E-state index in [0.29, 0.717) is 23.7 Å². The van der Waals surface area contributed by atoms with Gasteiger partial charge in [-0.25, -0.2) is 13.4 Å². The van der Waals surface area contributed by atoms with Crippen molar-refractivity contribution < 1.29 is 32.3 Å². The number of likely N-dealkylation sites (N-methyl/N-ethyl adjacent to an activating group) is 1. The van der Waals surface area contributed by atoms with Crippen LogP contribution < -0.4 is 5.32 Å². The van der Waals surface area contributed by atoms with Crippen molar-refractivity contribution in [3.8, 4) is 0 Å². The van der Waals surface area contributed by atoms with Gasteiger partial charge in [-0.3, -0.25) is 10.1 Å². The molecule has 0 saturated heterocycles. The van der Waals surface area contributed by atoms with Crippen LogP contribution >= 0.6 is 11.3 Å². The lowest BCUT2D eigenvalue weighted by atomic mass is 10.1. The molecule has 1 amide bonds. The van der Waals surface area contributed by atoms with Crippen molar-refractivity contribution in [3.05, 3.63) is 40.9 Å². The van der Waals surface area contributed by atoms with Gasteiger partial charge in [0, 0.05) is 53.1 Å². The molecule has 0 unspecified atom stereocenters. The van der Waals surface area contributed by atoms with Crippen molar-refractivity contribution in [3.63, 3.8) is 0 Å². The number of carbonyl (C=O) groups is 1. The molecule has 198 valence electrons. The van der Waals surface area contributed by atoms with E-state index < -0.39 is 15.9 Å². The minimum absolute atomic E-state index is 0.0102. The number of sulfonamides is 1. The van der Waals surface area contributed by atoms with Crippen molar-refractivity contribution in [2.45, 2.75) is 43.0 Å². The summed E-state index contributed by atoms with van der Waals surface area (Å²) in [6.45, 7) is 0.872. The van der Waals surface area contributed by atoms with Gasteiger partial charge in [-0.15, -0.1) is 0 Å². The maximum atomic E-state index is 13.2. The molecule has 13 heteroatoms. The monoisotopic (exact) mass is 540 g/mol. The van der Waals surface area contributed by atoms with Gasteiger partial charge >= 0.3 is 0 Å². The molecule has 1 N–H and O–H groups in total. The number of oxime groups is 1. The molecule has 1 heterocycles. The summed E-state index contributed by atoms with van der Waals surface area (Å²) in [6, 6.07) is 5.94. The summed E-state index contributed by atoms with van der Waals surface area (Å²) < 4.78 is 42.3. The molecule has 0 spiro atoms. The number of ether oxygens (including phenoxy) is 3. The third-order valence-corrected chi connectivity index (χ3v) is 8.44. The molecule has 1 fully saturated rings. The van der Waals surface area contributed by atoms with Gasteiger partial charge in [0.1, 0.15) is 6.10 Å². The van der Waals surface area contributed by atoms with Crippen molar-refractivity contribution in [2.75, 3.05) is 46.8 Å². The molecule has 1 aliphatic rings. The van der Waals surface area contributed by atoms with Crippen LogP contribution in [0.15, 0.2) is 40.5 Å². The summed E-state index contributed by atoms with van der Waals surface area (Å²) in [5, 5.41) is 7.30. The summed E-state index contributed by atoms with van der Waals surface area (Å²) >= 11 is 1.29. The molecule has 1 saturated carbocycles. The summed E-state index contributed by atoms with van der Waals surface area (Å²) in [6.07, 6.45) is 3.82. The van der Waals surface area contributed by atoms with E-state index >= 15 is 0 Å². The second-order valence-corrected chi connectivity index (χ2v) is 11.4. The largest absolute Gasteiger partial charge is 0.392 e. The Balaban J connectivity index is 1.82. The zero-order chi connectivity index (χ0) is 26.1. The molecule has 36 heavy (non-hydrogen) atoms. The molecule has 0 radical (unpaired) electrons. The number of amides is 1. The molecule has 0 aliphatic heterocycles. The van der Waals surface area contributed by atoms with Crippen molar-refractivity contribution >= 4 is 38.1 Å². The highest BCUT2D eigenvalue weighted by Crippen LogP contribution is 2.25. The van der Waals surface area contributed by atoms with Crippen molar-refractivity contribution in [1.82, 2.24) is 9.29 Å². The van der Waals surface area contributed by atoms with Gasteiger partial charge in [0.25, 0.3) is 5.91 Å². The Morgan fingerprint density at radius 1 is 1.17 bits per heavy atom. The van der Waals surface area contributed by atoms with Gasteiger partial charge in [0.15, 0.2) is 10.8 Å². The zero-order valence-corrected chi connectivity index (χ0v) is 22.4. The Labute approximate surface area is 215 Å². The van der Waals surface area contributed by atoms with Crippen molar-refractivity contribution in [2.24, 2.45) is 5.16 Å². The number of nitrogens with one attached hydrogen (secondary N) is 1. The highest BCUT2D eigenvalue weighted by Gasteiger charge is 2.27. The third-order valence-electron chi connectivity index (χ3n) is 5.68. The minimum atomic E-state index is -3.71. The molecule has 2 aromatic rings. The van der Waals surface area contributed by atoms with E-state index in [1.54, 1.807) is 20.4 Å². The fourth-order valence-electron chi connectivity index (χ4n) is 3.60. The molecule has 11 nitrogen and oxygen atoms in total. The average molecular weight is 541 g/mol. The minimum Gasteiger partial charge on any atom is -0.392 e. The lowest BCUT2D eigenvalue weighted by Crippen LogP contribution is -2.30. The first-order chi connectivity index (χ1) is 17.3. The quantitative estimate of drug-likeness (QED) is 0.303. The SMILES string of the molecule is COCCN(C)S(=O)(=O)c1ccc(/C(=N\O[C@@H]2CC[C@@H](OC)C2)C(=O)Nc2ncc(COC)s2)cc1. The van der Waals surface area contributed by atoms with E-state index in [4.69, 9.17) is 19.0 Å². The van der Waals surface area contributed by atoms with Crippen LogP contribution in [0.1, 0.15) is 29.7 Å². The van der Waals surface area contributed by atoms with Crippen LogP contribution in [0.5, 0.6) is 0 Å². The highest BCUT2D eigenvalue weighted by atomic mass is 32.2. The second-order valence-electron chi connectivity index (χ2n) is 8.20.